The lowest BCUT2D eigenvalue weighted by Crippen LogP contribution is -2.31. The van der Waals surface area contributed by atoms with Crippen LogP contribution in [0.1, 0.15) is 18.4 Å². The van der Waals surface area contributed by atoms with Gasteiger partial charge in [0, 0.05) is 13.1 Å². The van der Waals surface area contributed by atoms with Gasteiger partial charge in [-0.15, -0.1) is 0 Å². The largest absolute Gasteiger partial charge is 0.481 e. The summed E-state index contributed by atoms with van der Waals surface area (Å²) in [6, 6.07) is 3.47. The highest BCUT2D eigenvalue weighted by Crippen LogP contribution is 2.25. The number of aliphatic carboxylic acids is 1. The number of likely N-dealkylation sites (tertiary alicyclic amines) is 1. The third-order valence-electron chi connectivity index (χ3n) is 4.23. The smallest absolute Gasteiger partial charge is 0.308 e. The van der Waals surface area contributed by atoms with Crippen molar-refractivity contribution in [2.45, 2.75) is 20.3 Å². The van der Waals surface area contributed by atoms with Crippen LogP contribution in [0.3, 0.4) is 0 Å². The van der Waals surface area contributed by atoms with Crippen LogP contribution in [-0.2, 0) is 16.0 Å². The lowest BCUT2D eigenvalue weighted by Gasteiger charge is -2.15. The number of oxazole rings is 1. The van der Waals surface area contributed by atoms with Gasteiger partial charge in [0.25, 0.3) is 5.89 Å². The van der Waals surface area contributed by atoms with Crippen molar-refractivity contribution in [3.8, 4) is 11.7 Å². The number of carboxylic acids is 1. The highest BCUT2D eigenvalue weighted by molar-refractivity contribution is 5.80. The second-order valence-electron chi connectivity index (χ2n) is 5.90. The van der Waals surface area contributed by atoms with Crippen LogP contribution in [-0.4, -0.2) is 40.0 Å². The fourth-order valence-corrected chi connectivity index (χ4v) is 2.84. The van der Waals surface area contributed by atoms with Crippen LogP contribution in [0.5, 0.6) is 0 Å². The van der Waals surface area contributed by atoms with Gasteiger partial charge in [-0.3, -0.25) is 9.59 Å². The molecule has 1 N–H and O–H groups in total. The topological polar surface area (TPSA) is 96.8 Å². The number of furan rings is 1. The first-order valence-electron chi connectivity index (χ1n) is 7.46. The van der Waals surface area contributed by atoms with E-state index in [1.54, 1.807) is 24.0 Å². The summed E-state index contributed by atoms with van der Waals surface area (Å²) in [5.74, 6) is -0.133. The molecule has 0 radical (unpaired) electrons. The molecule has 3 heterocycles. The summed E-state index contributed by atoms with van der Waals surface area (Å²) in [5, 5.41) is 9.15. The Morgan fingerprint density at radius 3 is 2.83 bits per heavy atom. The minimum Gasteiger partial charge on any atom is -0.481 e. The van der Waals surface area contributed by atoms with Gasteiger partial charge in [0.15, 0.2) is 5.76 Å². The second-order valence-corrected chi connectivity index (χ2v) is 5.90. The van der Waals surface area contributed by atoms with Gasteiger partial charge < -0.3 is 18.8 Å². The van der Waals surface area contributed by atoms with Gasteiger partial charge in [-0.1, -0.05) is 6.92 Å². The number of carbonyl (C=O) groups excluding carboxylic acids is 1. The minimum absolute atomic E-state index is 0.0477. The molecular formula is C16H18N2O5. The predicted octanol–water partition coefficient (Wildman–Crippen LogP) is 1.96. The van der Waals surface area contributed by atoms with Crippen molar-refractivity contribution in [1.29, 1.82) is 0 Å². The fraction of sp³-hybridized carbons (Fsp3) is 0.438. The van der Waals surface area contributed by atoms with E-state index in [0.29, 0.717) is 29.6 Å². The van der Waals surface area contributed by atoms with Crippen molar-refractivity contribution in [2.75, 3.05) is 13.1 Å². The van der Waals surface area contributed by atoms with Gasteiger partial charge in [-0.25, -0.2) is 4.98 Å². The first kappa shape index (κ1) is 15.3. The van der Waals surface area contributed by atoms with Gasteiger partial charge in [0.2, 0.25) is 5.91 Å². The van der Waals surface area contributed by atoms with Gasteiger partial charge in [-0.05, 0) is 25.0 Å². The van der Waals surface area contributed by atoms with Crippen molar-refractivity contribution < 1.29 is 23.5 Å². The summed E-state index contributed by atoms with van der Waals surface area (Å²) < 4.78 is 10.8. The molecule has 23 heavy (non-hydrogen) atoms. The maximum Gasteiger partial charge on any atom is 0.308 e. The average Bonchev–Trinajstić information content (AvgIpc) is 3.19. The molecule has 0 aliphatic carbocycles. The van der Waals surface area contributed by atoms with Crippen LogP contribution in [0.2, 0.25) is 0 Å². The number of hydrogen-bond acceptors (Lipinski definition) is 5. The Kier molecular flexibility index (Phi) is 3.94. The number of aromatic nitrogens is 1. The Morgan fingerprint density at radius 2 is 2.22 bits per heavy atom. The summed E-state index contributed by atoms with van der Waals surface area (Å²) in [6.07, 6.45) is 1.62. The first-order chi connectivity index (χ1) is 11.0. The molecule has 1 amide bonds. The van der Waals surface area contributed by atoms with Crippen LogP contribution >= 0.6 is 0 Å². The van der Waals surface area contributed by atoms with E-state index in [9.17, 15) is 9.59 Å². The van der Waals surface area contributed by atoms with Gasteiger partial charge >= 0.3 is 5.97 Å². The molecule has 3 rings (SSSR count). The molecule has 2 atom stereocenters. The quantitative estimate of drug-likeness (QED) is 0.925. The lowest BCUT2D eigenvalue weighted by atomic mass is 9.99. The highest BCUT2D eigenvalue weighted by Gasteiger charge is 2.37. The van der Waals surface area contributed by atoms with E-state index in [4.69, 9.17) is 13.9 Å². The Balaban J connectivity index is 1.70. The first-order valence-corrected chi connectivity index (χ1v) is 7.46. The molecular weight excluding hydrogens is 300 g/mol. The lowest BCUT2D eigenvalue weighted by molar-refractivity contribution is -0.142. The van der Waals surface area contributed by atoms with Crippen LogP contribution in [0.15, 0.2) is 27.2 Å². The molecule has 7 nitrogen and oxygen atoms in total. The van der Waals surface area contributed by atoms with Crippen molar-refractivity contribution >= 4 is 11.9 Å². The maximum absolute atomic E-state index is 12.4. The van der Waals surface area contributed by atoms with Crippen molar-refractivity contribution in [1.82, 2.24) is 9.88 Å². The number of carboxylic acid groups (broad SMARTS) is 1. The number of hydrogen-bond donors (Lipinski definition) is 1. The highest BCUT2D eigenvalue weighted by atomic mass is 16.4. The van der Waals surface area contributed by atoms with Crippen LogP contribution in [0, 0.1) is 18.8 Å². The third kappa shape index (κ3) is 2.99. The number of rotatable bonds is 4. The molecule has 0 unspecified atom stereocenters. The molecule has 2 aromatic rings. The average molecular weight is 318 g/mol. The van der Waals surface area contributed by atoms with Crippen molar-refractivity contribution in [3.63, 3.8) is 0 Å². The minimum atomic E-state index is -0.856. The zero-order valence-corrected chi connectivity index (χ0v) is 13.0. The summed E-state index contributed by atoms with van der Waals surface area (Å²) in [5.41, 5.74) is 0.549. The molecule has 0 spiro atoms. The second kappa shape index (κ2) is 5.91. The third-order valence-corrected chi connectivity index (χ3v) is 4.23. The van der Waals surface area contributed by atoms with Gasteiger partial charge in [0.1, 0.15) is 5.76 Å². The molecule has 0 aromatic carbocycles. The Morgan fingerprint density at radius 1 is 1.43 bits per heavy atom. The fourth-order valence-electron chi connectivity index (χ4n) is 2.84. The molecule has 1 aliphatic heterocycles. The van der Waals surface area contributed by atoms with E-state index in [-0.39, 0.29) is 24.8 Å². The van der Waals surface area contributed by atoms with Gasteiger partial charge in [-0.2, -0.15) is 0 Å². The van der Waals surface area contributed by atoms with E-state index < -0.39 is 11.9 Å². The normalized spacial score (nSPS) is 20.9. The molecule has 7 heteroatoms. The molecule has 1 saturated heterocycles. The van der Waals surface area contributed by atoms with E-state index in [1.165, 1.54) is 6.26 Å². The zero-order chi connectivity index (χ0) is 16.6. The van der Waals surface area contributed by atoms with E-state index >= 15 is 0 Å². The van der Waals surface area contributed by atoms with E-state index in [2.05, 4.69) is 4.98 Å². The summed E-state index contributed by atoms with van der Waals surface area (Å²) >= 11 is 0. The summed E-state index contributed by atoms with van der Waals surface area (Å²) in [4.78, 5) is 29.5. The molecule has 2 aromatic heterocycles. The number of amides is 1. The van der Waals surface area contributed by atoms with E-state index in [0.717, 1.165) is 0 Å². The van der Waals surface area contributed by atoms with Crippen molar-refractivity contribution in [2.24, 2.45) is 11.8 Å². The number of aryl methyl sites for hydroxylation is 1. The summed E-state index contributed by atoms with van der Waals surface area (Å²) in [7, 11) is 0. The van der Waals surface area contributed by atoms with Crippen molar-refractivity contribution in [3.05, 3.63) is 29.9 Å². The van der Waals surface area contributed by atoms with Gasteiger partial charge in [0.05, 0.1) is 24.3 Å². The standard InChI is InChI=1S/C16H18N2O5/c1-9-7-18(8-11(9)16(20)21)14(19)6-12-10(2)23-15(17-12)13-4-3-5-22-13/h3-5,9,11H,6-8H2,1-2H3,(H,20,21)/t9-,11-/m1/s1. The monoisotopic (exact) mass is 318 g/mol. The van der Waals surface area contributed by atoms with Crippen LogP contribution in [0.4, 0.5) is 0 Å². The number of carbonyl (C=O) groups is 2. The molecule has 0 saturated carbocycles. The van der Waals surface area contributed by atoms with E-state index in [1.807, 2.05) is 6.92 Å². The number of nitrogens with zero attached hydrogens (tertiary/aromatic N) is 2. The Labute approximate surface area is 132 Å². The molecule has 0 bridgehead atoms. The molecule has 122 valence electrons. The van der Waals surface area contributed by atoms with Crippen LogP contribution < -0.4 is 0 Å². The predicted molar refractivity (Wildman–Crippen MR) is 79.5 cm³/mol. The summed E-state index contributed by atoms with van der Waals surface area (Å²) in [6.45, 7) is 4.30. The Hall–Kier alpha value is -2.57. The Bertz CT molecular complexity index is 719. The van der Waals surface area contributed by atoms with Crippen LogP contribution in [0.25, 0.3) is 11.7 Å². The molecule has 1 aliphatic rings. The maximum atomic E-state index is 12.4. The molecule has 1 fully saturated rings. The SMILES string of the molecule is Cc1oc(-c2ccco2)nc1CC(=O)N1C[C@@H](C)[C@H](C(=O)O)C1. The zero-order valence-electron chi connectivity index (χ0n) is 13.0.